The van der Waals surface area contributed by atoms with Gasteiger partial charge in [-0.2, -0.15) is 16.9 Å². The first-order valence-corrected chi connectivity index (χ1v) is 9.22. The van der Waals surface area contributed by atoms with E-state index in [1.165, 1.54) is 5.01 Å². The van der Waals surface area contributed by atoms with Crippen molar-refractivity contribution < 1.29 is 0 Å². The lowest BCUT2D eigenvalue weighted by Gasteiger charge is -1.98. The summed E-state index contributed by atoms with van der Waals surface area (Å²) in [4.78, 5) is 9.16. The summed E-state index contributed by atoms with van der Waals surface area (Å²) >= 11 is 5.16. The number of nitrogens with zero attached hydrogens (tertiary/aromatic N) is 4. The number of aromatic nitrogens is 4. The van der Waals surface area contributed by atoms with E-state index in [0.717, 1.165) is 39.2 Å². The van der Waals surface area contributed by atoms with Gasteiger partial charge in [0.05, 0.1) is 22.6 Å². The van der Waals surface area contributed by atoms with Gasteiger partial charge < -0.3 is 5.32 Å². The maximum Gasteiger partial charge on any atom is 0.185 e. The monoisotopic (exact) mass is 325 g/mol. The minimum Gasteiger partial charge on any atom is -0.356 e. The molecule has 0 spiro atoms. The first kappa shape index (κ1) is 13.8. The van der Waals surface area contributed by atoms with Crippen LogP contribution < -0.4 is 5.32 Å². The van der Waals surface area contributed by atoms with E-state index in [1.54, 1.807) is 34.4 Å². The highest BCUT2D eigenvalue weighted by molar-refractivity contribution is 7.97. The van der Waals surface area contributed by atoms with Gasteiger partial charge in [-0.3, -0.25) is 0 Å². The predicted octanol–water partition coefficient (Wildman–Crippen LogP) is 3.27. The Hall–Kier alpha value is -1.12. The molecule has 0 saturated carbocycles. The first-order chi connectivity index (χ1) is 9.67. The van der Waals surface area contributed by atoms with Gasteiger partial charge in [-0.05, 0) is 13.2 Å². The van der Waals surface area contributed by atoms with Gasteiger partial charge >= 0.3 is 0 Å². The number of thioether (sulfide) groups is 1. The van der Waals surface area contributed by atoms with Gasteiger partial charge in [0, 0.05) is 18.2 Å². The molecule has 3 heterocycles. The van der Waals surface area contributed by atoms with Crippen LogP contribution in [0.3, 0.4) is 0 Å². The van der Waals surface area contributed by atoms with Gasteiger partial charge in [-0.15, -0.1) is 11.3 Å². The van der Waals surface area contributed by atoms with Crippen molar-refractivity contribution in [2.45, 2.75) is 19.2 Å². The summed E-state index contributed by atoms with van der Waals surface area (Å²) in [6.07, 6.45) is 2.09. The normalized spacial score (nSPS) is 11.3. The molecule has 0 aliphatic carbocycles. The van der Waals surface area contributed by atoms with Crippen LogP contribution in [-0.4, -0.2) is 26.0 Å². The summed E-state index contributed by atoms with van der Waals surface area (Å²) in [5, 5.41) is 11.9. The summed E-state index contributed by atoms with van der Waals surface area (Å²) in [6, 6.07) is 0. The second-order valence-electron chi connectivity index (χ2n) is 4.40. The third-order valence-electron chi connectivity index (χ3n) is 2.83. The number of nitrogens with one attached hydrogen (secondary N) is 1. The van der Waals surface area contributed by atoms with Gasteiger partial charge in [0.2, 0.25) is 0 Å². The molecule has 3 aromatic heterocycles. The lowest BCUT2D eigenvalue weighted by Crippen LogP contribution is -2.00. The van der Waals surface area contributed by atoms with Gasteiger partial charge in [0.15, 0.2) is 10.8 Å². The molecule has 3 rings (SSSR count). The number of hydrogen-bond donors (Lipinski definition) is 1. The Bertz CT molecular complexity index is 692. The molecule has 8 heteroatoms. The number of anilines is 1. The molecule has 0 aromatic carbocycles. The largest absolute Gasteiger partial charge is 0.356 e. The van der Waals surface area contributed by atoms with E-state index in [2.05, 4.69) is 32.0 Å². The van der Waals surface area contributed by atoms with Gasteiger partial charge in [0.25, 0.3) is 0 Å². The van der Waals surface area contributed by atoms with Crippen LogP contribution >= 0.6 is 34.4 Å². The first-order valence-electron chi connectivity index (χ1n) is 6.13. The van der Waals surface area contributed by atoms with Crippen molar-refractivity contribution in [2.75, 3.05) is 11.6 Å². The van der Waals surface area contributed by atoms with E-state index in [0.29, 0.717) is 0 Å². The Morgan fingerprint density at radius 1 is 1.40 bits per heavy atom. The summed E-state index contributed by atoms with van der Waals surface area (Å²) in [5.41, 5.74) is 3.05. The van der Waals surface area contributed by atoms with Crippen LogP contribution in [-0.2, 0) is 19.3 Å². The van der Waals surface area contributed by atoms with Crippen LogP contribution in [0.2, 0.25) is 0 Å². The van der Waals surface area contributed by atoms with Crippen LogP contribution in [0, 0.1) is 6.92 Å². The zero-order valence-corrected chi connectivity index (χ0v) is 14.0. The fourth-order valence-electron chi connectivity index (χ4n) is 1.95. The molecule has 106 valence electrons. The quantitative estimate of drug-likeness (QED) is 0.780. The van der Waals surface area contributed by atoms with Crippen molar-refractivity contribution in [1.29, 1.82) is 0 Å². The standard InChI is InChI=1S/C12H15N5S3/c1-7-10-11(17(2)16-7)15-12(20-10)13-4-8-5-19-9(14-8)6-18-3/h5H,4,6H2,1-3H3,(H,13,15). The molecular formula is C12H15N5S3. The zero-order valence-electron chi connectivity index (χ0n) is 11.5. The van der Waals surface area contributed by atoms with E-state index in [1.807, 2.05) is 18.7 Å². The number of rotatable bonds is 5. The maximum absolute atomic E-state index is 4.59. The zero-order chi connectivity index (χ0) is 14.1. The molecule has 5 nitrogen and oxygen atoms in total. The van der Waals surface area contributed by atoms with Crippen molar-refractivity contribution in [3.8, 4) is 0 Å². The number of fused-ring (bicyclic) bond motifs is 1. The summed E-state index contributed by atoms with van der Waals surface area (Å²) in [5.74, 6) is 0.983. The molecule has 0 fully saturated rings. The molecule has 3 aromatic rings. The summed E-state index contributed by atoms with van der Waals surface area (Å²) in [6.45, 7) is 2.73. The van der Waals surface area contributed by atoms with E-state index in [4.69, 9.17) is 0 Å². The van der Waals surface area contributed by atoms with Gasteiger partial charge in [-0.1, -0.05) is 11.3 Å². The second kappa shape index (κ2) is 5.71. The van der Waals surface area contributed by atoms with Crippen LogP contribution in [0.1, 0.15) is 16.4 Å². The molecule has 0 aliphatic rings. The summed E-state index contributed by atoms with van der Waals surface area (Å²) in [7, 11) is 1.92. The maximum atomic E-state index is 4.59. The fourth-order valence-corrected chi connectivity index (χ4v) is 4.39. The van der Waals surface area contributed by atoms with E-state index < -0.39 is 0 Å². The average molecular weight is 325 g/mol. The Kier molecular flexibility index (Phi) is 3.95. The molecule has 0 aliphatic heterocycles. The minimum absolute atomic E-state index is 0.719. The molecule has 0 radical (unpaired) electrons. The molecule has 0 amide bonds. The Morgan fingerprint density at radius 2 is 2.25 bits per heavy atom. The second-order valence-corrected chi connectivity index (χ2v) is 7.21. The highest BCUT2D eigenvalue weighted by Crippen LogP contribution is 2.28. The molecule has 1 N–H and O–H groups in total. The molecule has 0 unspecified atom stereocenters. The Labute approximate surface area is 129 Å². The van der Waals surface area contributed by atoms with Crippen LogP contribution in [0.15, 0.2) is 5.38 Å². The van der Waals surface area contributed by atoms with Crippen molar-refractivity contribution >= 4 is 49.9 Å². The van der Waals surface area contributed by atoms with Crippen LogP contribution in [0.4, 0.5) is 5.13 Å². The van der Waals surface area contributed by atoms with Crippen molar-refractivity contribution in [3.63, 3.8) is 0 Å². The molecular weight excluding hydrogens is 310 g/mol. The number of hydrogen-bond acceptors (Lipinski definition) is 7. The topological polar surface area (TPSA) is 55.6 Å². The lowest BCUT2D eigenvalue weighted by molar-refractivity contribution is 0.774. The van der Waals surface area contributed by atoms with E-state index in [-0.39, 0.29) is 0 Å². The Balaban J connectivity index is 1.71. The molecule has 0 atom stereocenters. The smallest absolute Gasteiger partial charge is 0.185 e. The third-order valence-corrected chi connectivity index (χ3v) is 5.59. The van der Waals surface area contributed by atoms with Gasteiger partial charge in [-0.25, -0.2) is 14.6 Å². The number of thiazole rings is 2. The minimum atomic E-state index is 0.719. The van der Waals surface area contributed by atoms with Crippen molar-refractivity contribution in [2.24, 2.45) is 7.05 Å². The van der Waals surface area contributed by atoms with E-state index >= 15 is 0 Å². The van der Waals surface area contributed by atoms with Crippen molar-refractivity contribution in [3.05, 3.63) is 21.8 Å². The predicted molar refractivity (Wildman–Crippen MR) is 87.8 cm³/mol. The highest BCUT2D eigenvalue weighted by atomic mass is 32.2. The lowest BCUT2D eigenvalue weighted by atomic mass is 10.5. The van der Waals surface area contributed by atoms with Crippen LogP contribution in [0.5, 0.6) is 0 Å². The third kappa shape index (κ3) is 2.68. The fraction of sp³-hybridized carbons (Fsp3) is 0.417. The Morgan fingerprint density at radius 3 is 3.00 bits per heavy atom. The SMILES string of the molecule is CSCc1nc(CNc2nc3c(s2)c(C)nn3C)cs1. The van der Waals surface area contributed by atoms with E-state index in [9.17, 15) is 0 Å². The molecule has 0 bridgehead atoms. The summed E-state index contributed by atoms with van der Waals surface area (Å²) < 4.78 is 2.97. The van der Waals surface area contributed by atoms with Crippen LogP contribution in [0.25, 0.3) is 10.3 Å². The van der Waals surface area contributed by atoms with Crippen molar-refractivity contribution in [1.82, 2.24) is 19.7 Å². The highest BCUT2D eigenvalue weighted by Gasteiger charge is 2.11. The molecule has 20 heavy (non-hydrogen) atoms. The van der Waals surface area contributed by atoms with Gasteiger partial charge in [0.1, 0.15) is 5.01 Å². The molecule has 0 saturated heterocycles. The number of aryl methyl sites for hydroxylation is 2. The average Bonchev–Trinajstić information content (AvgIpc) is 3.07.